The van der Waals surface area contributed by atoms with E-state index in [2.05, 4.69) is 29.1 Å². The Bertz CT molecular complexity index is 318. The molecule has 1 N–H and O–H groups in total. The molecule has 0 bridgehead atoms. The molecule has 1 aromatic heterocycles. The van der Waals surface area contributed by atoms with E-state index < -0.39 is 0 Å². The molecule has 0 amide bonds. The van der Waals surface area contributed by atoms with Crippen LogP contribution in [0.25, 0.3) is 0 Å². The molecular formula is C11H17Cl2N3. The molecule has 0 aliphatic rings. The average Bonchev–Trinajstić information content (AvgIpc) is 2.34. The van der Waals surface area contributed by atoms with Crippen molar-refractivity contribution in [2.75, 3.05) is 17.7 Å². The fourth-order valence-corrected chi connectivity index (χ4v) is 2.09. The molecule has 1 aromatic rings. The van der Waals surface area contributed by atoms with Crippen molar-refractivity contribution in [1.29, 1.82) is 0 Å². The van der Waals surface area contributed by atoms with Crippen molar-refractivity contribution in [2.24, 2.45) is 5.41 Å². The predicted octanol–water partition coefficient (Wildman–Crippen LogP) is 3.59. The minimum absolute atomic E-state index is 0.107. The third kappa shape index (κ3) is 3.22. The Balaban J connectivity index is 2.66. The van der Waals surface area contributed by atoms with Gasteiger partial charge in [0.25, 0.3) is 0 Å². The van der Waals surface area contributed by atoms with Crippen LogP contribution < -0.4 is 5.32 Å². The van der Waals surface area contributed by atoms with Gasteiger partial charge in [-0.1, -0.05) is 25.4 Å². The molecule has 0 unspecified atom stereocenters. The van der Waals surface area contributed by atoms with Gasteiger partial charge in [-0.3, -0.25) is 0 Å². The van der Waals surface area contributed by atoms with Crippen molar-refractivity contribution < 1.29 is 0 Å². The first-order valence-electron chi connectivity index (χ1n) is 5.43. The number of anilines is 1. The van der Waals surface area contributed by atoms with Crippen LogP contribution >= 0.6 is 23.2 Å². The molecule has 5 heteroatoms. The van der Waals surface area contributed by atoms with Crippen molar-refractivity contribution in [1.82, 2.24) is 9.97 Å². The highest BCUT2D eigenvalue weighted by atomic mass is 35.5. The zero-order valence-corrected chi connectivity index (χ0v) is 11.1. The van der Waals surface area contributed by atoms with Gasteiger partial charge in [-0.25, -0.2) is 9.97 Å². The molecule has 0 saturated carbocycles. The lowest BCUT2D eigenvalue weighted by atomic mass is 9.84. The van der Waals surface area contributed by atoms with Gasteiger partial charge in [-0.2, -0.15) is 0 Å². The number of rotatable bonds is 6. The number of nitrogens with zero attached hydrogens (tertiary/aromatic N) is 2. The van der Waals surface area contributed by atoms with Gasteiger partial charge in [0.15, 0.2) is 0 Å². The molecule has 90 valence electrons. The summed E-state index contributed by atoms with van der Waals surface area (Å²) >= 11 is 12.0. The Labute approximate surface area is 107 Å². The third-order valence-electron chi connectivity index (χ3n) is 3.08. The molecule has 0 aliphatic carbocycles. The van der Waals surface area contributed by atoms with Gasteiger partial charge in [0, 0.05) is 17.8 Å². The van der Waals surface area contributed by atoms with Gasteiger partial charge in [-0.05, 0) is 12.8 Å². The minimum Gasteiger partial charge on any atom is -0.368 e. The van der Waals surface area contributed by atoms with E-state index in [1.807, 2.05) is 0 Å². The highest BCUT2D eigenvalue weighted by Gasteiger charge is 2.25. The Morgan fingerprint density at radius 3 is 2.56 bits per heavy atom. The summed E-state index contributed by atoms with van der Waals surface area (Å²) in [4.78, 5) is 7.93. The van der Waals surface area contributed by atoms with Crippen LogP contribution in [0.3, 0.4) is 0 Å². The molecule has 0 spiro atoms. The summed E-state index contributed by atoms with van der Waals surface area (Å²) in [7, 11) is 0. The fourth-order valence-electron chi connectivity index (χ4n) is 1.45. The monoisotopic (exact) mass is 261 g/mol. The van der Waals surface area contributed by atoms with E-state index in [-0.39, 0.29) is 5.41 Å². The van der Waals surface area contributed by atoms with Gasteiger partial charge in [0.05, 0.1) is 6.20 Å². The number of nitrogens with one attached hydrogen (secondary N) is 1. The highest BCUT2D eigenvalue weighted by Crippen LogP contribution is 2.29. The number of aromatic nitrogens is 2. The van der Waals surface area contributed by atoms with Gasteiger partial charge in [0.1, 0.15) is 17.2 Å². The molecule has 16 heavy (non-hydrogen) atoms. The van der Waals surface area contributed by atoms with Crippen molar-refractivity contribution in [3.63, 3.8) is 0 Å². The van der Waals surface area contributed by atoms with E-state index in [0.717, 1.165) is 19.4 Å². The van der Waals surface area contributed by atoms with Crippen molar-refractivity contribution in [3.8, 4) is 0 Å². The van der Waals surface area contributed by atoms with Crippen LogP contribution in [0, 0.1) is 5.41 Å². The maximum Gasteiger partial charge on any atom is 0.148 e. The lowest BCUT2D eigenvalue weighted by molar-refractivity contribution is 0.326. The van der Waals surface area contributed by atoms with E-state index >= 15 is 0 Å². The van der Waals surface area contributed by atoms with E-state index in [0.29, 0.717) is 16.7 Å². The molecule has 0 fully saturated rings. The molecule has 1 heterocycles. The van der Waals surface area contributed by atoms with Crippen LogP contribution in [0.2, 0.25) is 5.02 Å². The smallest absolute Gasteiger partial charge is 0.148 e. The number of hydrogen-bond acceptors (Lipinski definition) is 3. The molecule has 3 nitrogen and oxygen atoms in total. The van der Waals surface area contributed by atoms with Crippen LogP contribution in [0.5, 0.6) is 0 Å². The summed E-state index contributed by atoms with van der Waals surface area (Å²) in [5, 5.41) is 3.78. The maximum absolute atomic E-state index is 6.02. The topological polar surface area (TPSA) is 37.8 Å². The Hall–Kier alpha value is -0.540. The van der Waals surface area contributed by atoms with Crippen LogP contribution in [0.4, 0.5) is 5.82 Å². The normalized spacial score (nSPS) is 11.5. The Morgan fingerprint density at radius 1 is 1.38 bits per heavy atom. The largest absolute Gasteiger partial charge is 0.368 e. The summed E-state index contributed by atoms with van der Waals surface area (Å²) in [6, 6.07) is 0. The van der Waals surface area contributed by atoms with E-state index in [4.69, 9.17) is 23.2 Å². The predicted molar refractivity (Wildman–Crippen MR) is 69.3 cm³/mol. The maximum atomic E-state index is 6.02. The fraction of sp³-hybridized carbons (Fsp3) is 0.636. The summed E-state index contributed by atoms with van der Waals surface area (Å²) in [5.41, 5.74) is 0.107. The molecular weight excluding hydrogens is 245 g/mol. The summed E-state index contributed by atoms with van der Waals surface area (Å²) < 4.78 is 0. The quantitative estimate of drug-likeness (QED) is 0.796. The van der Waals surface area contributed by atoms with E-state index in [1.54, 1.807) is 6.20 Å². The minimum atomic E-state index is 0.107. The summed E-state index contributed by atoms with van der Waals surface area (Å²) in [6.45, 7) is 5.07. The van der Waals surface area contributed by atoms with Crippen molar-refractivity contribution in [2.45, 2.75) is 26.7 Å². The van der Waals surface area contributed by atoms with Gasteiger partial charge < -0.3 is 5.32 Å². The first kappa shape index (κ1) is 13.5. The number of alkyl halides is 1. The Kier molecular flexibility index (Phi) is 5.29. The lowest BCUT2D eigenvalue weighted by Gasteiger charge is -2.29. The van der Waals surface area contributed by atoms with Crippen LogP contribution in [0.15, 0.2) is 12.5 Å². The Morgan fingerprint density at radius 2 is 2.06 bits per heavy atom. The van der Waals surface area contributed by atoms with Gasteiger partial charge >= 0.3 is 0 Å². The average molecular weight is 262 g/mol. The lowest BCUT2D eigenvalue weighted by Crippen LogP contribution is -2.30. The zero-order valence-electron chi connectivity index (χ0n) is 9.63. The second-order valence-electron chi connectivity index (χ2n) is 3.91. The van der Waals surface area contributed by atoms with Gasteiger partial charge in [-0.15, -0.1) is 11.6 Å². The molecule has 0 radical (unpaired) electrons. The van der Waals surface area contributed by atoms with Crippen LogP contribution in [-0.4, -0.2) is 22.4 Å². The SMILES string of the molecule is CCC(CC)(CCl)CNc1ncncc1Cl. The van der Waals surface area contributed by atoms with Gasteiger partial charge in [0.2, 0.25) is 0 Å². The highest BCUT2D eigenvalue weighted by molar-refractivity contribution is 6.32. The van der Waals surface area contributed by atoms with Crippen molar-refractivity contribution in [3.05, 3.63) is 17.5 Å². The third-order valence-corrected chi connectivity index (χ3v) is 3.93. The summed E-state index contributed by atoms with van der Waals surface area (Å²) in [6.07, 6.45) is 5.12. The molecule has 0 aliphatic heterocycles. The summed E-state index contributed by atoms with van der Waals surface area (Å²) in [5.74, 6) is 1.31. The first-order chi connectivity index (χ1) is 7.67. The van der Waals surface area contributed by atoms with Crippen LogP contribution in [0.1, 0.15) is 26.7 Å². The molecule has 1 rings (SSSR count). The van der Waals surface area contributed by atoms with E-state index in [1.165, 1.54) is 6.33 Å². The molecule has 0 atom stereocenters. The van der Waals surface area contributed by atoms with E-state index in [9.17, 15) is 0 Å². The number of hydrogen-bond donors (Lipinski definition) is 1. The van der Waals surface area contributed by atoms with Crippen LogP contribution in [-0.2, 0) is 0 Å². The molecule has 0 aromatic carbocycles. The second kappa shape index (κ2) is 6.26. The number of halogens is 2. The standard InChI is InChI=1S/C11H17Cl2N3/c1-3-11(4-2,6-12)7-15-10-9(13)5-14-8-16-10/h5,8H,3-4,6-7H2,1-2H3,(H,14,15,16). The second-order valence-corrected chi connectivity index (χ2v) is 4.59. The molecule has 0 saturated heterocycles. The van der Waals surface area contributed by atoms with Crippen molar-refractivity contribution >= 4 is 29.0 Å². The zero-order chi connectivity index (χ0) is 12.0. The first-order valence-corrected chi connectivity index (χ1v) is 6.34.